The fourth-order valence-corrected chi connectivity index (χ4v) is 3.13. The quantitative estimate of drug-likeness (QED) is 0.759. The van der Waals surface area contributed by atoms with Gasteiger partial charge in [0.25, 0.3) is 11.5 Å². The normalized spacial score (nSPS) is 24.4. The Bertz CT molecular complexity index is 544. The number of carbonyl (C=O) groups is 1. The Hall–Kier alpha value is -1.73. The average molecular weight is 291 g/mol. The molecule has 114 valence electrons. The first-order chi connectivity index (χ1) is 10.1. The van der Waals surface area contributed by atoms with Crippen molar-refractivity contribution >= 4 is 5.91 Å². The molecule has 1 atom stereocenters. The summed E-state index contributed by atoms with van der Waals surface area (Å²) in [7, 11) is 0. The first-order valence-corrected chi connectivity index (χ1v) is 7.48. The van der Waals surface area contributed by atoms with Gasteiger partial charge in [0.1, 0.15) is 5.69 Å². The first kappa shape index (κ1) is 14.2. The zero-order chi connectivity index (χ0) is 14.8. The van der Waals surface area contributed by atoms with Crippen LogP contribution in [0.1, 0.15) is 29.8 Å². The van der Waals surface area contributed by atoms with E-state index in [4.69, 9.17) is 5.73 Å². The molecule has 1 aromatic rings. The van der Waals surface area contributed by atoms with Gasteiger partial charge >= 0.3 is 0 Å². The highest BCUT2D eigenvalue weighted by molar-refractivity contribution is 5.92. The summed E-state index contributed by atoms with van der Waals surface area (Å²) >= 11 is 0. The van der Waals surface area contributed by atoms with Crippen molar-refractivity contribution in [1.82, 2.24) is 20.0 Å². The van der Waals surface area contributed by atoms with E-state index in [0.717, 1.165) is 45.4 Å². The van der Waals surface area contributed by atoms with E-state index in [9.17, 15) is 9.59 Å². The maximum Gasteiger partial charge on any atom is 0.274 e. The van der Waals surface area contributed by atoms with Gasteiger partial charge in [-0.25, -0.2) is 5.10 Å². The van der Waals surface area contributed by atoms with Gasteiger partial charge in [-0.3, -0.25) is 14.5 Å². The molecule has 0 spiro atoms. The summed E-state index contributed by atoms with van der Waals surface area (Å²) in [4.78, 5) is 27.6. The fraction of sp³-hybridized carbons (Fsp3) is 0.643. The second kappa shape index (κ2) is 5.95. The molecule has 3 heterocycles. The van der Waals surface area contributed by atoms with Crippen molar-refractivity contribution in [2.75, 3.05) is 26.2 Å². The number of nitrogens with two attached hydrogens (primary N) is 1. The number of hydrogen-bond acceptors (Lipinski definition) is 5. The third-order valence-electron chi connectivity index (χ3n) is 4.44. The van der Waals surface area contributed by atoms with Gasteiger partial charge in [-0.1, -0.05) is 0 Å². The molecule has 3 rings (SSSR count). The van der Waals surface area contributed by atoms with Crippen LogP contribution in [0.25, 0.3) is 0 Å². The Morgan fingerprint density at radius 1 is 1.24 bits per heavy atom. The van der Waals surface area contributed by atoms with Crippen molar-refractivity contribution < 1.29 is 4.79 Å². The van der Waals surface area contributed by atoms with E-state index in [2.05, 4.69) is 15.1 Å². The van der Waals surface area contributed by atoms with Gasteiger partial charge in [0.15, 0.2) is 0 Å². The molecule has 0 radical (unpaired) electrons. The smallest absolute Gasteiger partial charge is 0.274 e. The third-order valence-corrected chi connectivity index (χ3v) is 4.44. The summed E-state index contributed by atoms with van der Waals surface area (Å²) in [6.45, 7) is 3.51. The predicted octanol–water partition coefficient (Wildman–Crippen LogP) is -0.592. The third kappa shape index (κ3) is 3.14. The van der Waals surface area contributed by atoms with Gasteiger partial charge in [0, 0.05) is 31.2 Å². The number of H-pyrrole nitrogens is 1. The molecule has 7 nitrogen and oxygen atoms in total. The molecule has 7 heteroatoms. The lowest BCUT2D eigenvalue weighted by Crippen LogP contribution is -2.46. The number of aromatic amines is 1. The molecule has 0 saturated carbocycles. The van der Waals surface area contributed by atoms with E-state index in [1.807, 2.05) is 4.90 Å². The number of hydrogen-bond donors (Lipinski definition) is 2. The van der Waals surface area contributed by atoms with Crippen molar-refractivity contribution in [3.63, 3.8) is 0 Å². The minimum absolute atomic E-state index is 0.109. The molecule has 1 aromatic heterocycles. The number of carbonyl (C=O) groups excluding carboxylic acids is 1. The van der Waals surface area contributed by atoms with E-state index in [-0.39, 0.29) is 11.5 Å². The largest absolute Gasteiger partial charge is 0.336 e. The Kier molecular flexibility index (Phi) is 4.03. The van der Waals surface area contributed by atoms with Gasteiger partial charge in [0.2, 0.25) is 0 Å². The second-order valence-corrected chi connectivity index (χ2v) is 5.87. The molecule has 1 amide bonds. The predicted molar refractivity (Wildman–Crippen MR) is 77.9 cm³/mol. The van der Waals surface area contributed by atoms with Crippen LogP contribution in [-0.2, 0) is 0 Å². The van der Waals surface area contributed by atoms with Crippen LogP contribution in [0.15, 0.2) is 16.9 Å². The summed E-state index contributed by atoms with van der Waals surface area (Å²) in [6, 6.07) is 3.56. The van der Waals surface area contributed by atoms with Crippen LogP contribution in [-0.4, -0.2) is 64.2 Å². The lowest BCUT2D eigenvalue weighted by atomic mass is 10.0. The van der Waals surface area contributed by atoms with Crippen LogP contribution in [0.3, 0.4) is 0 Å². The Balaban J connectivity index is 1.60. The summed E-state index contributed by atoms with van der Waals surface area (Å²) in [6.07, 6.45) is 3.06. The standard InChI is InChI=1S/C14H21N5O2/c15-10-3-6-18(7-4-10)11-5-8-19(9-11)14(21)12-1-2-13(20)17-16-12/h1-2,10-11H,3-9,15H2,(H,17,20). The molecule has 2 fully saturated rings. The SMILES string of the molecule is NC1CCN(C2CCN(C(=O)c3ccc(=O)[nH]n3)C2)CC1. The number of piperidine rings is 1. The molecule has 0 bridgehead atoms. The van der Waals surface area contributed by atoms with Crippen molar-refractivity contribution in [3.8, 4) is 0 Å². The van der Waals surface area contributed by atoms with Crippen LogP contribution < -0.4 is 11.3 Å². The van der Waals surface area contributed by atoms with Crippen molar-refractivity contribution in [1.29, 1.82) is 0 Å². The minimum Gasteiger partial charge on any atom is -0.336 e. The van der Waals surface area contributed by atoms with Gasteiger partial charge in [-0.2, -0.15) is 5.10 Å². The molecule has 2 saturated heterocycles. The number of aromatic nitrogens is 2. The number of nitrogens with zero attached hydrogens (tertiary/aromatic N) is 3. The van der Waals surface area contributed by atoms with Gasteiger partial charge < -0.3 is 10.6 Å². The Labute approximate surface area is 123 Å². The van der Waals surface area contributed by atoms with Gasteiger partial charge in [0.05, 0.1) is 0 Å². The summed E-state index contributed by atoms with van der Waals surface area (Å²) in [5.41, 5.74) is 5.94. The number of amides is 1. The number of nitrogens with one attached hydrogen (secondary N) is 1. The minimum atomic E-state index is -0.296. The van der Waals surface area contributed by atoms with E-state index in [0.29, 0.717) is 17.8 Å². The molecule has 0 aliphatic carbocycles. The van der Waals surface area contributed by atoms with Gasteiger partial charge in [-0.15, -0.1) is 0 Å². The molecule has 2 aliphatic heterocycles. The monoisotopic (exact) mass is 291 g/mol. The van der Waals surface area contributed by atoms with E-state index in [1.165, 1.54) is 12.1 Å². The highest BCUT2D eigenvalue weighted by Gasteiger charge is 2.32. The summed E-state index contributed by atoms with van der Waals surface area (Å²) < 4.78 is 0. The topological polar surface area (TPSA) is 95.3 Å². The zero-order valence-corrected chi connectivity index (χ0v) is 12.0. The van der Waals surface area contributed by atoms with E-state index >= 15 is 0 Å². The Morgan fingerprint density at radius 2 is 2.00 bits per heavy atom. The second-order valence-electron chi connectivity index (χ2n) is 5.87. The van der Waals surface area contributed by atoms with Crippen LogP contribution in [0.4, 0.5) is 0 Å². The summed E-state index contributed by atoms with van der Waals surface area (Å²) in [5, 5.41) is 6.12. The van der Waals surface area contributed by atoms with Crippen molar-refractivity contribution in [2.24, 2.45) is 5.73 Å². The van der Waals surface area contributed by atoms with Crippen LogP contribution in [0.2, 0.25) is 0 Å². The van der Waals surface area contributed by atoms with Crippen LogP contribution in [0, 0.1) is 0 Å². The number of rotatable bonds is 2. The lowest BCUT2D eigenvalue weighted by molar-refractivity contribution is 0.0762. The maximum atomic E-state index is 12.3. The van der Waals surface area contributed by atoms with Crippen LogP contribution >= 0.6 is 0 Å². The molecule has 21 heavy (non-hydrogen) atoms. The molecule has 1 unspecified atom stereocenters. The van der Waals surface area contributed by atoms with Crippen molar-refractivity contribution in [2.45, 2.75) is 31.3 Å². The molecular formula is C14H21N5O2. The molecule has 0 aromatic carbocycles. The maximum absolute atomic E-state index is 12.3. The van der Waals surface area contributed by atoms with Crippen molar-refractivity contribution in [3.05, 3.63) is 28.2 Å². The molecule has 3 N–H and O–H groups in total. The summed E-state index contributed by atoms with van der Waals surface area (Å²) in [5.74, 6) is -0.109. The van der Waals surface area contributed by atoms with E-state index < -0.39 is 0 Å². The zero-order valence-electron chi connectivity index (χ0n) is 12.0. The lowest BCUT2D eigenvalue weighted by Gasteiger charge is -2.34. The van der Waals surface area contributed by atoms with Crippen LogP contribution in [0.5, 0.6) is 0 Å². The fourth-order valence-electron chi connectivity index (χ4n) is 3.13. The highest BCUT2D eigenvalue weighted by Crippen LogP contribution is 2.20. The van der Waals surface area contributed by atoms with Gasteiger partial charge in [-0.05, 0) is 38.4 Å². The molecule has 2 aliphatic rings. The number of likely N-dealkylation sites (tertiary alicyclic amines) is 2. The molecular weight excluding hydrogens is 270 g/mol. The van der Waals surface area contributed by atoms with E-state index in [1.54, 1.807) is 0 Å². The average Bonchev–Trinajstić information content (AvgIpc) is 2.98. The highest BCUT2D eigenvalue weighted by atomic mass is 16.2. The first-order valence-electron chi connectivity index (χ1n) is 7.48. The Morgan fingerprint density at radius 3 is 2.67 bits per heavy atom.